The Kier molecular flexibility index (Phi) is 5.74. The molecule has 0 radical (unpaired) electrons. The molecular formula is C25H26F6P2. The van der Waals surface area contributed by atoms with Gasteiger partial charge in [0, 0.05) is 5.92 Å². The fraction of sp³-hybridized carbons (Fsp3) is 0.280. The van der Waals surface area contributed by atoms with Crippen molar-refractivity contribution in [1.29, 1.82) is 0 Å². The van der Waals surface area contributed by atoms with Crippen molar-refractivity contribution >= 4 is 25.7 Å². The van der Waals surface area contributed by atoms with Crippen molar-refractivity contribution < 1.29 is 25.2 Å². The van der Waals surface area contributed by atoms with Gasteiger partial charge in [-0.25, -0.2) is 0 Å². The van der Waals surface area contributed by atoms with Gasteiger partial charge in [-0.3, -0.25) is 0 Å². The van der Waals surface area contributed by atoms with Crippen LogP contribution in [0.4, 0.5) is 25.2 Å². The standard InChI is InChI=1S/C25H26P.F6P/c1-19-15-16-23-20(17-19)18-26(21-9-4-2-5-10-21,22-11-6-3-7-12-22)25-14-8-13-24(23)25;1-7(2,3,4,5)6/h2-7,9-12,15-17,24-25H,8,13-14,18H2,1H3;/q+1;-1. The third-order valence-electron chi connectivity index (χ3n) is 6.60. The van der Waals surface area contributed by atoms with Crippen molar-refractivity contribution in [3.63, 3.8) is 0 Å². The molecule has 0 amide bonds. The maximum absolute atomic E-state index is 10.7. The minimum atomic E-state index is -10.7. The molecular weight excluding hydrogens is 476 g/mol. The van der Waals surface area contributed by atoms with E-state index in [2.05, 4.69) is 85.8 Å². The molecule has 1 heterocycles. The molecule has 178 valence electrons. The van der Waals surface area contributed by atoms with Crippen LogP contribution in [0.2, 0.25) is 0 Å². The molecule has 0 bridgehead atoms. The molecule has 2 atom stereocenters. The van der Waals surface area contributed by atoms with Gasteiger partial charge in [-0.1, -0.05) is 60.2 Å². The second-order valence-electron chi connectivity index (χ2n) is 8.96. The van der Waals surface area contributed by atoms with Crippen LogP contribution in [-0.2, 0) is 6.16 Å². The molecule has 0 N–H and O–H groups in total. The summed E-state index contributed by atoms with van der Waals surface area (Å²) < 4.78 is 59.2. The first-order valence-electron chi connectivity index (χ1n) is 10.9. The van der Waals surface area contributed by atoms with Gasteiger partial charge in [0.2, 0.25) is 0 Å². The van der Waals surface area contributed by atoms with Crippen molar-refractivity contribution in [2.75, 3.05) is 0 Å². The van der Waals surface area contributed by atoms with Crippen LogP contribution in [-0.4, -0.2) is 5.66 Å². The Morgan fingerprint density at radius 2 is 1.24 bits per heavy atom. The van der Waals surface area contributed by atoms with E-state index in [4.69, 9.17) is 0 Å². The van der Waals surface area contributed by atoms with Crippen molar-refractivity contribution in [2.45, 2.75) is 43.9 Å². The second kappa shape index (κ2) is 7.82. The maximum atomic E-state index is 9.87. The van der Waals surface area contributed by atoms with E-state index in [1.165, 1.54) is 31.0 Å². The normalized spacial score (nSPS) is 23.2. The molecule has 0 aromatic heterocycles. The average molecular weight is 502 g/mol. The van der Waals surface area contributed by atoms with E-state index in [1.54, 1.807) is 21.7 Å². The second-order valence-corrected chi connectivity index (χ2v) is 14.6. The molecule has 0 spiro atoms. The average Bonchev–Trinajstić information content (AvgIpc) is 3.22. The van der Waals surface area contributed by atoms with Gasteiger partial charge in [-0.05, 0) is 61.6 Å². The molecule has 2 aliphatic rings. The molecule has 2 unspecified atom stereocenters. The Bertz CT molecular complexity index is 1080. The van der Waals surface area contributed by atoms with Gasteiger partial charge in [-0.2, -0.15) is 0 Å². The van der Waals surface area contributed by atoms with Gasteiger partial charge < -0.3 is 0 Å². The summed E-state index contributed by atoms with van der Waals surface area (Å²) >= 11 is 0. The fourth-order valence-corrected chi connectivity index (χ4v) is 11.0. The quantitative estimate of drug-likeness (QED) is 0.242. The molecule has 1 fully saturated rings. The Balaban J connectivity index is 0.000000325. The number of benzene rings is 3. The van der Waals surface area contributed by atoms with Crippen LogP contribution in [0, 0.1) is 6.92 Å². The predicted molar refractivity (Wildman–Crippen MR) is 128 cm³/mol. The third kappa shape index (κ3) is 5.78. The van der Waals surface area contributed by atoms with E-state index in [0.29, 0.717) is 0 Å². The number of fused-ring (bicyclic) bond motifs is 3. The summed E-state index contributed by atoms with van der Waals surface area (Å²) in [6.07, 6.45) is 5.36. The number of halogens is 6. The number of hydrogen-bond donors (Lipinski definition) is 0. The minimum absolute atomic E-state index is 0.744. The van der Waals surface area contributed by atoms with E-state index in [1.807, 2.05) is 0 Å². The topological polar surface area (TPSA) is 0 Å². The summed E-state index contributed by atoms with van der Waals surface area (Å²) in [6.45, 7) is 2.24. The van der Waals surface area contributed by atoms with Gasteiger partial charge in [0.1, 0.15) is 0 Å². The summed E-state index contributed by atoms with van der Waals surface area (Å²) in [6, 6.07) is 30.2. The van der Waals surface area contributed by atoms with Crippen LogP contribution in [0.5, 0.6) is 0 Å². The Morgan fingerprint density at radius 3 is 1.76 bits per heavy atom. The molecule has 1 aliphatic heterocycles. The van der Waals surface area contributed by atoms with Gasteiger partial charge in [-0.15, -0.1) is 0 Å². The van der Waals surface area contributed by atoms with E-state index >= 15 is 0 Å². The van der Waals surface area contributed by atoms with Crippen LogP contribution in [0.1, 0.15) is 41.9 Å². The zero-order chi connectivity index (χ0) is 24.0. The zero-order valence-corrected chi connectivity index (χ0v) is 19.9. The molecule has 3 aromatic rings. The predicted octanol–water partition coefficient (Wildman–Crippen LogP) is 9.20. The van der Waals surface area contributed by atoms with Crippen LogP contribution >= 0.6 is 15.1 Å². The number of hydrogen-bond acceptors (Lipinski definition) is 0. The molecule has 1 aliphatic carbocycles. The van der Waals surface area contributed by atoms with Gasteiger partial charge in [0.05, 0.1) is 29.7 Å². The van der Waals surface area contributed by atoms with E-state index in [-0.39, 0.29) is 0 Å². The summed E-state index contributed by atoms with van der Waals surface area (Å²) in [7, 11) is -12.1. The molecule has 3 aromatic carbocycles. The molecule has 5 rings (SSSR count). The van der Waals surface area contributed by atoms with Gasteiger partial charge in [0.15, 0.2) is 0 Å². The van der Waals surface area contributed by atoms with Crippen LogP contribution in [0.15, 0.2) is 78.9 Å². The summed E-state index contributed by atoms with van der Waals surface area (Å²) in [5.74, 6) is 0.744. The first kappa shape index (κ1) is 24.2. The van der Waals surface area contributed by atoms with Crippen LogP contribution < -0.4 is 10.6 Å². The Labute approximate surface area is 190 Å². The van der Waals surface area contributed by atoms with Crippen LogP contribution in [0.3, 0.4) is 0 Å². The van der Waals surface area contributed by atoms with E-state index in [9.17, 15) is 25.2 Å². The van der Waals surface area contributed by atoms with Crippen molar-refractivity contribution in [3.05, 3.63) is 95.6 Å². The summed E-state index contributed by atoms with van der Waals surface area (Å²) in [5, 5.41) is 3.21. The van der Waals surface area contributed by atoms with Gasteiger partial charge in [0.25, 0.3) is 0 Å². The fourth-order valence-electron chi connectivity index (χ4n) is 5.55. The molecule has 0 nitrogen and oxygen atoms in total. The van der Waals surface area contributed by atoms with Crippen molar-refractivity contribution in [1.82, 2.24) is 0 Å². The van der Waals surface area contributed by atoms with Crippen molar-refractivity contribution in [3.8, 4) is 0 Å². The Hall–Kier alpha value is -1.90. The van der Waals surface area contributed by atoms with E-state index in [0.717, 1.165) is 11.6 Å². The monoisotopic (exact) mass is 502 g/mol. The summed E-state index contributed by atoms with van der Waals surface area (Å²) in [5.41, 5.74) is 5.48. The van der Waals surface area contributed by atoms with Crippen LogP contribution in [0.25, 0.3) is 0 Å². The SMILES string of the molecule is Cc1ccc2c(c1)C[P+](c1ccccc1)(c1ccccc1)C1CCCC21.F[P-](F)(F)(F)(F)F. The molecule has 8 heteroatoms. The number of aryl methyl sites for hydroxylation is 1. The Morgan fingerprint density at radius 1 is 0.727 bits per heavy atom. The first-order chi connectivity index (χ1) is 15.2. The first-order valence-corrected chi connectivity index (χ1v) is 15.0. The molecule has 33 heavy (non-hydrogen) atoms. The zero-order valence-electron chi connectivity index (χ0n) is 18.2. The summed E-state index contributed by atoms with van der Waals surface area (Å²) in [4.78, 5) is 0. The molecule has 1 saturated carbocycles. The van der Waals surface area contributed by atoms with Crippen molar-refractivity contribution in [2.24, 2.45) is 0 Å². The van der Waals surface area contributed by atoms with Gasteiger partial charge >= 0.3 is 33.0 Å². The molecule has 0 saturated heterocycles. The number of rotatable bonds is 2. The third-order valence-corrected chi connectivity index (χ3v) is 11.6. The van der Waals surface area contributed by atoms with E-state index < -0.39 is 15.1 Å².